The summed E-state index contributed by atoms with van der Waals surface area (Å²) in [4.78, 5) is 0. The molecule has 0 amide bonds. The molecule has 68 valence electrons. The summed E-state index contributed by atoms with van der Waals surface area (Å²) < 4.78 is 29.3. The van der Waals surface area contributed by atoms with Crippen molar-refractivity contribution < 1.29 is 18.2 Å². The Balaban J connectivity index is 4.38. The topological polar surface area (TPSA) is 77.8 Å². The predicted octanol–water partition coefficient (Wildman–Crippen LogP) is 0.320. The van der Waals surface area contributed by atoms with Crippen molar-refractivity contribution in [1.29, 1.82) is 0 Å². The highest BCUT2D eigenvalue weighted by molar-refractivity contribution is 7.86. The Hall–Kier alpha value is -0.170. The number of hydrogen-bond acceptors (Lipinski definition) is 4. The van der Waals surface area contributed by atoms with E-state index in [2.05, 4.69) is 0 Å². The second-order valence-electron chi connectivity index (χ2n) is 2.59. The Morgan fingerprint density at radius 1 is 1.27 bits per heavy atom. The van der Waals surface area contributed by atoms with Crippen LogP contribution in [-0.4, -0.2) is 34.7 Å². The zero-order valence-corrected chi connectivity index (χ0v) is 7.54. The van der Waals surface area contributed by atoms with Crippen molar-refractivity contribution in [3.8, 4) is 0 Å². The van der Waals surface area contributed by atoms with Crippen LogP contribution in [0.3, 0.4) is 0 Å². The van der Waals surface area contributed by atoms with Crippen molar-refractivity contribution in [2.75, 3.05) is 0 Å². The Kier molecular flexibility index (Phi) is 3.43. The predicted molar refractivity (Wildman–Crippen MR) is 39.8 cm³/mol. The van der Waals surface area contributed by atoms with Crippen LogP contribution in [0.15, 0.2) is 0 Å². The molecule has 0 saturated carbocycles. The number of nitrogens with zero attached hydrogens (tertiary/aromatic N) is 1. The molecule has 0 rings (SSSR count). The molecule has 0 bridgehead atoms. The molecule has 0 radical (unpaired) electrons. The summed E-state index contributed by atoms with van der Waals surface area (Å²) in [6.07, 6.45) is 0. The molecule has 0 heterocycles. The van der Waals surface area contributed by atoms with Gasteiger partial charge in [-0.15, -0.1) is 0 Å². The minimum absolute atomic E-state index is 0.341. The van der Waals surface area contributed by atoms with Gasteiger partial charge in [0.15, 0.2) is 5.37 Å². The van der Waals surface area contributed by atoms with Gasteiger partial charge in [0.25, 0.3) is 10.1 Å². The summed E-state index contributed by atoms with van der Waals surface area (Å²) in [7, 11) is -4.17. The van der Waals surface area contributed by atoms with Gasteiger partial charge in [0.05, 0.1) is 0 Å². The lowest BCUT2D eigenvalue weighted by Crippen LogP contribution is -2.40. The maximum absolute atomic E-state index is 10.4. The average Bonchev–Trinajstić information content (AvgIpc) is 1.82. The molecule has 1 atom stereocenters. The van der Waals surface area contributed by atoms with Gasteiger partial charge in [-0.3, -0.25) is 4.55 Å². The molecule has 0 aromatic rings. The third-order valence-corrected chi connectivity index (χ3v) is 2.41. The van der Waals surface area contributed by atoms with Crippen LogP contribution in [0.5, 0.6) is 0 Å². The van der Waals surface area contributed by atoms with Gasteiger partial charge in [0, 0.05) is 6.04 Å². The van der Waals surface area contributed by atoms with E-state index in [1.165, 1.54) is 6.92 Å². The Morgan fingerprint density at radius 3 is 1.73 bits per heavy atom. The van der Waals surface area contributed by atoms with Crippen molar-refractivity contribution >= 4 is 10.1 Å². The van der Waals surface area contributed by atoms with Crippen LogP contribution in [0.4, 0.5) is 0 Å². The molecule has 0 aromatic carbocycles. The molecular weight excluding hydrogens is 170 g/mol. The summed E-state index contributed by atoms with van der Waals surface area (Å²) in [5, 5.41) is 8.33. The van der Waals surface area contributed by atoms with E-state index in [9.17, 15) is 8.42 Å². The van der Waals surface area contributed by atoms with E-state index in [4.69, 9.17) is 9.76 Å². The van der Waals surface area contributed by atoms with Crippen molar-refractivity contribution in [2.24, 2.45) is 0 Å². The second kappa shape index (κ2) is 3.48. The molecular formula is C5H13NO4S. The molecule has 1 unspecified atom stereocenters. The van der Waals surface area contributed by atoms with Crippen molar-refractivity contribution in [3.05, 3.63) is 0 Å². The normalized spacial score (nSPS) is 15.9. The summed E-state index contributed by atoms with van der Waals surface area (Å²) >= 11 is 0. The standard InChI is InChI=1S/C5H13NO4S/c1-4(2)6(7)5(3)11(8,9)10/h4-5,7H,1-3H3,(H,8,9,10). The Labute approximate surface area is 66.3 Å². The van der Waals surface area contributed by atoms with Crippen molar-refractivity contribution in [1.82, 2.24) is 5.06 Å². The molecule has 11 heavy (non-hydrogen) atoms. The van der Waals surface area contributed by atoms with E-state index < -0.39 is 15.5 Å². The molecule has 0 aromatic heterocycles. The van der Waals surface area contributed by atoms with Crippen LogP contribution in [0.1, 0.15) is 20.8 Å². The van der Waals surface area contributed by atoms with Crippen molar-refractivity contribution in [3.63, 3.8) is 0 Å². The quantitative estimate of drug-likeness (QED) is 0.486. The lowest BCUT2D eigenvalue weighted by atomic mass is 10.4. The molecule has 0 aliphatic carbocycles. The number of hydroxylamine groups is 2. The molecule has 0 fully saturated rings. The van der Waals surface area contributed by atoms with Crippen LogP contribution in [0, 0.1) is 0 Å². The fourth-order valence-electron chi connectivity index (χ4n) is 0.556. The summed E-state index contributed by atoms with van der Waals surface area (Å²) in [6.45, 7) is 4.43. The molecule has 0 saturated heterocycles. The van der Waals surface area contributed by atoms with E-state index in [0.29, 0.717) is 5.06 Å². The third kappa shape index (κ3) is 3.15. The minimum Gasteiger partial charge on any atom is -0.312 e. The molecule has 0 aliphatic heterocycles. The molecule has 5 nitrogen and oxygen atoms in total. The Bertz CT molecular complexity index is 211. The van der Waals surface area contributed by atoms with E-state index >= 15 is 0 Å². The fraction of sp³-hybridized carbons (Fsp3) is 1.00. The third-order valence-electron chi connectivity index (χ3n) is 1.33. The van der Waals surface area contributed by atoms with Crippen LogP contribution in [-0.2, 0) is 10.1 Å². The first-order valence-corrected chi connectivity index (χ1v) is 4.70. The highest BCUT2D eigenvalue weighted by Gasteiger charge is 2.25. The van der Waals surface area contributed by atoms with Gasteiger partial charge in [-0.2, -0.15) is 13.5 Å². The summed E-state index contributed by atoms with van der Waals surface area (Å²) in [5.41, 5.74) is 0. The minimum atomic E-state index is -4.17. The number of rotatable bonds is 3. The molecule has 6 heteroatoms. The van der Waals surface area contributed by atoms with E-state index in [-0.39, 0.29) is 6.04 Å². The SMILES string of the molecule is CC(C)N(O)C(C)S(=O)(=O)O. The van der Waals surface area contributed by atoms with Crippen LogP contribution >= 0.6 is 0 Å². The van der Waals surface area contributed by atoms with Gasteiger partial charge in [0.1, 0.15) is 0 Å². The lowest BCUT2D eigenvalue weighted by Gasteiger charge is -2.23. The van der Waals surface area contributed by atoms with Crippen LogP contribution in [0.2, 0.25) is 0 Å². The highest BCUT2D eigenvalue weighted by Crippen LogP contribution is 2.06. The highest BCUT2D eigenvalue weighted by atomic mass is 32.2. The first kappa shape index (κ1) is 10.8. The van der Waals surface area contributed by atoms with Gasteiger partial charge in [-0.1, -0.05) is 0 Å². The summed E-state index contributed by atoms with van der Waals surface area (Å²) in [5.74, 6) is 0. The molecule has 0 aliphatic rings. The monoisotopic (exact) mass is 183 g/mol. The summed E-state index contributed by atoms with van der Waals surface area (Å²) in [6, 6.07) is -0.341. The maximum Gasteiger partial charge on any atom is 0.283 e. The van der Waals surface area contributed by atoms with Gasteiger partial charge >= 0.3 is 0 Å². The van der Waals surface area contributed by atoms with Gasteiger partial charge < -0.3 is 5.21 Å². The zero-order chi connectivity index (χ0) is 9.23. The van der Waals surface area contributed by atoms with Gasteiger partial charge in [-0.25, -0.2) is 0 Å². The molecule has 0 spiro atoms. The van der Waals surface area contributed by atoms with E-state index in [0.717, 1.165) is 0 Å². The Morgan fingerprint density at radius 2 is 1.64 bits per heavy atom. The molecule has 2 N–H and O–H groups in total. The first-order chi connectivity index (χ1) is 4.76. The average molecular weight is 183 g/mol. The largest absolute Gasteiger partial charge is 0.312 e. The fourth-order valence-corrected chi connectivity index (χ4v) is 1.07. The van der Waals surface area contributed by atoms with E-state index in [1.807, 2.05) is 0 Å². The van der Waals surface area contributed by atoms with Crippen LogP contribution < -0.4 is 0 Å². The second-order valence-corrected chi connectivity index (χ2v) is 4.30. The maximum atomic E-state index is 10.4. The zero-order valence-electron chi connectivity index (χ0n) is 6.72. The van der Waals surface area contributed by atoms with E-state index in [1.54, 1.807) is 13.8 Å². The van der Waals surface area contributed by atoms with Crippen LogP contribution in [0.25, 0.3) is 0 Å². The number of hydrogen-bond donors (Lipinski definition) is 2. The smallest absolute Gasteiger partial charge is 0.283 e. The van der Waals surface area contributed by atoms with Gasteiger partial charge in [0.2, 0.25) is 0 Å². The lowest BCUT2D eigenvalue weighted by molar-refractivity contribution is -0.126. The first-order valence-electron chi connectivity index (χ1n) is 3.20. The van der Waals surface area contributed by atoms with Gasteiger partial charge in [-0.05, 0) is 20.8 Å². The van der Waals surface area contributed by atoms with Crippen molar-refractivity contribution in [2.45, 2.75) is 32.2 Å².